The minimum Gasteiger partial charge on any atom is -0.478 e. The van der Waals surface area contributed by atoms with Crippen molar-refractivity contribution in [3.05, 3.63) is 35.9 Å². The number of carbonyl (C=O) groups is 1. The lowest BCUT2D eigenvalue weighted by molar-refractivity contribution is -0.131. The van der Waals surface area contributed by atoms with E-state index < -0.39 is 16.0 Å². The first-order valence-corrected chi connectivity index (χ1v) is 7.11. The Morgan fingerprint density at radius 3 is 2.44 bits per heavy atom. The molecule has 1 aromatic carbocycles. The van der Waals surface area contributed by atoms with E-state index in [9.17, 15) is 13.2 Å². The van der Waals surface area contributed by atoms with Gasteiger partial charge in [-0.25, -0.2) is 13.2 Å². The van der Waals surface area contributed by atoms with Crippen LogP contribution in [0.4, 0.5) is 5.69 Å². The molecule has 0 spiro atoms. The van der Waals surface area contributed by atoms with Gasteiger partial charge in [0, 0.05) is 12.6 Å². The van der Waals surface area contributed by atoms with Crippen LogP contribution < -0.4 is 4.31 Å². The summed E-state index contributed by atoms with van der Waals surface area (Å²) in [5.74, 6) is -0.825. The van der Waals surface area contributed by atoms with Gasteiger partial charge in [0.15, 0.2) is 0 Å². The summed E-state index contributed by atoms with van der Waals surface area (Å²) in [5.41, 5.74) is 1.35. The molecule has 0 amide bonds. The Kier molecular flexibility index (Phi) is 3.38. The molecular weight excluding hydrogens is 254 g/mol. The van der Waals surface area contributed by atoms with Crippen molar-refractivity contribution in [3.63, 3.8) is 0 Å². The molecule has 0 unspecified atom stereocenters. The average Bonchev–Trinajstić information content (AvgIpc) is 2.67. The molecule has 6 heteroatoms. The zero-order chi connectivity index (χ0) is 13.2. The monoisotopic (exact) mass is 267 g/mol. The lowest BCUT2D eigenvalue weighted by Crippen LogP contribution is -2.24. The molecule has 1 aliphatic rings. The number of sulfonamides is 1. The third kappa shape index (κ3) is 2.70. The second kappa shape index (κ2) is 4.81. The van der Waals surface area contributed by atoms with Gasteiger partial charge < -0.3 is 5.11 Å². The number of carboxylic acids is 1. The number of hydrogen-bond donors (Lipinski definition) is 1. The molecule has 0 aliphatic carbocycles. The minimum atomic E-state index is -3.16. The molecule has 1 N–H and O–H groups in total. The maximum atomic E-state index is 11.7. The van der Waals surface area contributed by atoms with Gasteiger partial charge in [-0.05, 0) is 30.2 Å². The summed E-state index contributed by atoms with van der Waals surface area (Å²) < 4.78 is 24.8. The number of nitrogens with zero attached hydrogens (tertiary/aromatic N) is 1. The summed E-state index contributed by atoms with van der Waals surface area (Å²) in [6, 6.07) is 6.76. The Balaban J connectivity index is 2.20. The van der Waals surface area contributed by atoms with E-state index >= 15 is 0 Å². The Bertz CT molecular complexity index is 575. The molecule has 0 radical (unpaired) electrons. The molecule has 0 atom stereocenters. The normalized spacial score (nSPS) is 18.3. The van der Waals surface area contributed by atoms with Crippen LogP contribution in [0.15, 0.2) is 30.3 Å². The summed E-state index contributed by atoms with van der Waals surface area (Å²) in [5, 5.41) is 8.50. The van der Waals surface area contributed by atoms with E-state index in [2.05, 4.69) is 0 Å². The van der Waals surface area contributed by atoms with Crippen molar-refractivity contribution in [1.29, 1.82) is 0 Å². The summed E-state index contributed by atoms with van der Waals surface area (Å²) in [6.45, 7) is 0.507. The standard InChI is InChI=1S/C12H13NO4S/c14-12(15)7-4-10-2-5-11(6-3-10)13-8-1-9-18(13,16)17/h2-7H,1,8-9H2,(H,14,15). The van der Waals surface area contributed by atoms with Gasteiger partial charge in [-0.15, -0.1) is 0 Å². The summed E-state index contributed by atoms with van der Waals surface area (Å²) in [7, 11) is -3.16. The number of benzene rings is 1. The maximum Gasteiger partial charge on any atom is 0.328 e. The minimum absolute atomic E-state index is 0.188. The summed E-state index contributed by atoms with van der Waals surface area (Å²) in [6.07, 6.45) is 3.15. The molecule has 1 saturated heterocycles. The third-order valence-electron chi connectivity index (χ3n) is 2.70. The zero-order valence-corrected chi connectivity index (χ0v) is 10.4. The molecule has 5 nitrogen and oxygen atoms in total. The van der Waals surface area contributed by atoms with Gasteiger partial charge in [-0.2, -0.15) is 0 Å². The third-order valence-corrected chi connectivity index (χ3v) is 4.57. The first-order chi connectivity index (χ1) is 8.49. The highest BCUT2D eigenvalue weighted by Gasteiger charge is 2.28. The van der Waals surface area contributed by atoms with Crippen molar-refractivity contribution in [2.24, 2.45) is 0 Å². The lowest BCUT2D eigenvalue weighted by Gasteiger charge is -2.16. The largest absolute Gasteiger partial charge is 0.478 e. The van der Waals surface area contributed by atoms with E-state index in [1.807, 2.05) is 0 Å². The van der Waals surface area contributed by atoms with Crippen molar-refractivity contribution in [2.75, 3.05) is 16.6 Å². The van der Waals surface area contributed by atoms with E-state index in [0.29, 0.717) is 18.7 Å². The van der Waals surface area contributed by atoms with Gasteiger partial charge in [-0.1, -0.05) is 12.1 Å². The lowest BCUT2D eigenvalue weighted by atomic mass is 10.2. The smallest absolute Gasteiger partial charge is 0.328 e. The van der Waals surface area contributed by atoms with Gasteiger partial charge >= 0.3 is 5.97 Å². The Morgan fingerprint density at radius 1 is 1.28 bits per heavy atom. The molecule has 18 heavy (non-hydrogen) atoms. The highest BCUT2D eigenvalue weighted by molar-refractivity contribution is 7.93. The predicted molar refractivity (Wildman–Crippen MR) is 68.9 cm³/mol. The van der Waals surface area contributed by atoms with Crippen LogP contribution in [0, 0.1) is 0 Å². The van der Waals surface area contributed by atoms with Crippen molar-refractivity contribution < 1.29 is 18.3 Å². The molecule has 0 bridgehead atoms. The van der Waals surface area contributed by atoms with E-state index in [-0.39, 0.29) is 5.75 Å². The van der Waals surface area contributed by atoms with Crippen LogP contribution >= 0.6 is 0 Å². The molecule has 1 aliphatic heterocycles. The Hall–Kier alpha value is -1.82. The number of carboxylic acid groups (broad SMARTS) is 1. The Labute approximate surface area is 105 Å². The first-order valence-electron chi connectivity index (χ1n) is 5.50. The van der Waals surface area contributed by atoms with Gasteiger partial charge in [0.25, 0.3) is 0 Å². The number of aliphatic carboxylic acids is 1. The molecule has 1 fully saturated rings. The number of anilines is 1. The van der Waals surface area contributed by atoms with Crippen LogP contribution in [0.5, 0.6) is 0 Å². The fraction of sp³-hybridized carbons (Fsp3) is 0.250. The van der Waals surface area contributed by atoms with Gasteiger partial charge in [0.2, 0.25) is 10.0 Å². The topological polar surface area (TPSA) is 74.7 Å². The van der Waals surface area contributed by atoms with Crippen molar-refractivity contribution in [1.82, 2.24) is 0 Å². The van der Waals surface area contributed by atoms with Gasteiger partial charge in [-0.3, -0.25) is 4.31 Å². The quantitative estimate of drug-likeness (QED) is 0.838. The second-order valence-corrected chi connectivity index (χ2v) is 6.02. The summed E-state index contributed by atoms with van der Waals surface area (Å²) >= 11 is 0. The fourth-order valence-electron chi connectivity index (χ4n) is 1.85. The van der Waals surface area contributed by atoms with Crippen molar-refractivity contribution in [2.45, 2.75) is 6.42 Å². The molecule has 0 aromatic heterocycles. The number of rotatable bonds is 3. The van der Waals surface area contributed by atoms with Crippen LogP contribution in [-0.2, 0) is 14.8 Å². The molecule has 96 valence electrons. The van der Waals surface area contributed by atoms with E-state index in [4.69, 9.17) is 5.11 Å². The van der Waals surface area contributed by atoms with Gasteiger partial charge in [0.1, 0.15) is 0 Å². The first kappa shape index (κ1) is 12.6. The van der Waals surface area contributed by atoms with Crippen LogP contribution in [-0.4, -0.2) is 31.8 Å². The van der Waals surface area contributed by atoms with Crippen LogP contribution in [0.3, 0.4) is 0 Å². The van der Waals surface area contributed by atoms with Crippen LogP contribution in [0.1, 0.15) is 12.0 Å². The molecular formula is C12H13NO4S. The van der Waals surface area contributed by atoms with Crippen molar-refractivity contribution in [3.8, 4) is 0 Å². The van der Waals surface area contributed by atoms with Gasteiger partial charge in [0.05, 0.1) is 11.4 Å². The second-order valence-electron chi connectivity index (χ2n) is 4.00. The van der Waals surface area contributed by atoms with Crippen LogP contribution in [0.2, 0.25) is 0 Å². The average molecular weight is 267 g/mol. The fourth-order valence-corrected chi connectivity index (χ4v) is 3.41. The zero-order valence-electron chi connectivity index (χ0n) is 9.61. The predicted octanol–water partition coefficient (Wildman–Crippen LogP) is 1.32. The summed E-state index contributed by atoms with van der Waals surface area (Å²) in [4.78, 5) is 10.4. The Morgan fingerprint density at radius 2 is 1.94 bits per heavy atom. The highest BCUT2D eigenvalue weighted by atomic mass is 32.2. The molecule has 0 saturated carbocycles. The SMILES string of the molecule is O=C(O)C=Cc1ccc(N2CCCS2(=O)=O)cc1. The van der Waals surface area contributed by atoms with Crippen molar-refractivity contribution >= 4 is 27.8 Å². The molecule has 1 heterocycles. The number of hydrogen-bond acceptors (Lipinski definition) is 3. The van der Waals surface area contributed by atoms with E-state index in [1.165, 1.54) is 10.4 Å². The molecule has 2 rings (SSSR count). The van der Waals surface area contributed by atoms with Crippen LogP contribution in [0.25, 0.3) is 6.08 Å². The van der Waals surface area contributed by atoms with E-state index in [0.717, 1.165) is 11.6 Å². The molecule has 1 aromatic rings. The highest BCUT2D eigenvalue weighted by Crippen LogP contribution is 2.24. The maximum absolute atomic E-state index is 11.7. The van der Waals surface area contributed by atoms with E-state index in [1.54, 1.807) is 24.3 Å².